The Hall–Kier alpha value is -1.29. The highest BCUT2D eigenvalue weighted by atomic mass is 35.5. The van der Waals surface area contributed by atoms with Crippen LogP contribution in [0.15, 0.2) is 52.3 Å². The lowest BCUT2D eigenvalue weighted by molar-refractivity contribution is 0.0730. The average Bonchev–Trinajstić information content (AvgIpc) is 2.73. The summed E-state index contributed by atoms with van der Waals surface area (Å²) >= 11 is 13.6. The lowest BCUT2D eigenvalue weighted by atomic mass is 10.2. The fourth-order valence-electron chi connectivity index (χ4n) is 2.73. The smallest absolute Gasteiger partial charge is 0.251 e. The first-order valence-corrected chi connectivity index (χ1v) is 12.1. The molecule has 0 aliphatic carbocycles. The summed E-state index contributed by atoms with van der Waals surface area (Å²) in [6, 6.07) is 11.7. The van der Waals surface area contributed by atoms with Crippen molar-refractivity contribution in [1.82, 2.24) is 9.62 Å². The normalized spacial score (nSPS) is 15.2. The molecule has 0 aromatic heterocycles. The van der Waals surface area contributed by atoms with E-state index < -0.39 is 10.0 Å². The van der Waals surface area contributed by atoms with E-state index in [1.807, 2.05) is 24.3 Å². The van der Waals surface area contributed by atoms with Crippen molar-refractivity contribution in [3.8, 4) is 0 Å². The van der Waals surface area contributed by atoms with Gasteiger partial charge >= 0.3 is 0 Å². The van der Waals surface area contributed by atoms with Crippen molar-refractivity contribution in [2.45, 2.75) is 9.79 Å². The minimum absolute atomic E-state index is 0.0655. The molecule has 0 atom stereocenters. The number of hydrogen-bond acceptors (Lipinski definition) is 5. The van der Waals surface area contributed by atoms with E-state index in [1.165, 1.54) is 22.5 Å². The number of rotatable bonds is 7. The molecule has 1 heterocycles. The highest BCUT2D eigenvalue weighted by Gasteiger charge is 2.29. The topological polar surface area (TPSA) is 75.7 Å². The summed E-state index contributed by atoms with van der Waals surface area (Å²) in [6.45, 7) is 1.62. The molecule has 1 N–H and O–H groups in total. The average molecular weight is 475 g/mol. The molecule has 1 aliphatic rings. The number of ether oxygens (including phenoxy) is 1. The van der Waals surface area contributed by atoms with Crippen molar-refractivity contribution < 1.29 is 17.9 Å². The SMILES string of the molecule is O=C(NCCSc1ccc(Cl)cc1)c1ccc(Cl)c(S(=O)(=O)N2CCOCC2)c1. The van der Waals surface area contributed by atoms with Crippen molar-refractivity contribution in [3.05, 3.63) is 58.1 Å². The van der Waals surface area contributed by atoms with Gasteiger partial charge in [0.15, 0.2) is 0 Å². The lowest BCUT2D eigenvalue weighted by Crippen LogP contribution is -2.40. The molecule has 29 heavy (non-hydrogen) atoms. The third kappa shape index (κ3) is 5.87. The van der Waals surface area contributed by atoms with E-state index in [1.54, 1.807) is 11.8 Å². The van der Waals surface area contributed by atoms with Crippen LogP contribution in [0, 0.1) is 0 Å². The van der Waals surface area contributed by atoms with Crippen LogP contribution >= 0.6 is 35.0 Å². The van der Waals surface area contributed by atoms with E-state index in [4.69, 9.17) is 27.9 Å². The Labute approximate surface area is 184 Å². The van der Waals surface area contributed by atoms with Gasteiger partial charge in [-0.3, -0.25) is 4.79 Å². The summed E-state index contributed by atoms with van der Waals surface area (Å²) < 4.78 is 32.3. The van der Waals surface area contributed by atoms with Gasteiger partial charge in [0.2, 0.25) is 10.0 Å². The van der Waals surface area contributed by atoms with Gasteiger partial charge in [-0.1, -0.05) is 23.2 Å². The molecule has 2 aromatic rings. The summed E-state index contributed by atoms with van der Waals surface area (Å²) in [4.78, 5) is 13.4. The van der Waals surface area contributed by atoms with E-state index in [9.17, 15) is 13.2 Å². The van der Waals surface area contributed by atoms with Crippen molar-refractivity contribution >= 4 is 50.9 Å². The molecule has 1 fully saturated rings. The number of amides is 1. The molecule has 0 unspecified atom stereocenters. The number of carbonyl (C=O) groups excluding carboxylic acids is 1. The van der Waals surface area contributed by atoms with Crippen molar-refractivity contribution in [2.24, 2.45) is 0 Å². The summed E-state index contributed by atoms with van der Waals surface area (Å²) in [5.74, 6) is 0.316. The molecule has 1 amide bonds. The molecule has 0 spiro atoms. The monoisotopic (exact) mass is 474 g/mol. The number of nitrogens with zero attached hydrogens (tertiary/aromatic N) is 1. The Morgan fingerprint density at radius 1 is 1.10 bits per heavy atom. The van der Waals surface area contributed by atoms with Crippen LogP contribution < -0.4 is 5.32 Å². The number of morpholine rings is 1. The Morgan fingerprint density at radius 2 is 1.79 bits per heavy atom. The Morgan fingerprint density at radius 3 is 2.48 bits per heavy atom. The van der Waals surface area contributed by atoms with E-state index in [-0.39, 0.29) is 34.5 Å². The number of benzene rings is 2. The molecule has 6 nitrogen and oxygen atoms in total. The van der Waals surface area contributed by atoms with Gasteiger partial charge in [0, 0.05) is 40.9 Å². The molecule has 3 rings (SSSR count). The van der Waals surface area contributed by atoms with E-state index in [0.717, 1.165) is 4.90 Å². The lowest BCUT2D eigenvalue weighted by Gasteiger charge is -2.26. The molecule has 1 aliphatic heterocycles. The number of thioether (sulfide) groups is 1. The number of nitrogens with one attached hydrogen (secondary N) is 1. The predicted octanol–water partition coefficient (Wildman–Crippen LogP) is 3.54. The van der Waals surface area contributed by atoms with Crippen molar-refractivity contribution in [1.29, 1.82) is 0 Å². The van der Waals surface area contributed by atoms with Crippen LogP contribution in [0.5, 0.6) is 0 Å². The zero-order chi connectivity index (χ0) is 20.9. The summed E-state index contributed by atoms with van der Waals surface area (Å²) in [7, 11) is -3.79. The Balaban J connectivity index is 1.62. The maximum atomic E-state index is 12.9. The van der Waals surface area contributed by atoms with Crippen LogP contribution in [0.4, 0.5) is 0 Å². The highest BCUT2D eigenvalue weighted by Crippen LogP contribution is 2.26. The van der Waals surface area contributed by atoms with Crippen LogP contribution in [0.25, 0.3) is 0 Å². The molecule has 0 radical (unpaired) electrons. The molecular weight excluding hydrogens is 455 g/mol. The fourth-order valence-corrected chi connectivity index (χ4v) is 5.54. The van der Waals surface area contributed by atoms with Gasteiger partial charge in [-0.15, -0.1) is 11.8 Å². The predicted molar refractivity (Wildman–Crippen MR) is 116 cm³/mol. The first-order valence-electron chi connectivity index (χ1n) is 8.92. The van der Waals surface area contributed by atoms with Gasteiger partial charge < -0.3 is 10.1 Å². The van der Waals surface area contributed by atoms with Crippen LogP contribution in [0.1, 0.15) is 10.4 Å². The van der Waals surface area contributed by atoms with Gasteiger partial charge in [-0.25, -0.2) is 8.42 Å². The van der Waals surface area contributed by atoms with Gasteiger partial charge in [-0.2, -0.15) is 4.31 Å². The zero-order valence-electron chi connectivity index (χ0n) is 15.4. The van der Waals surface area contributed by atoms with Gasteiger partial charge in [0.05, 0.1) is 18.2 Å². The van der Waals surface area contributed by atoms with E-state index >= 15 is 0 Å². The first kappa shape index (κ1) is 22.4. The van der Waals surface area contributed by atoms with Gasteiger partial charge in [-0.05, 0) is 42.5 Å². The van der Waals surface area contributed by atoms with Crippen molar-refractivity contribution in [3.63, 3.8) is 0 Å². The van der Waals surface area contributed by atoms with Crippen LogP contribution in [-0.4, -0.2) is 57.2 Å². The maximum Gasteiger partial charge on any atom is 0.251 e. The fraction of sp³-hybridized carbons (Fsp3) is 0.316. The largest absolute Gasteiger partial charge is 0.379 e. The number of sulfonamides is 1. The number of halogens is 2. The summed E-state index contributed by atoms with van der Waals surface area (Å²) in [5.41, 5.74) is 0.248. The van der Waals surface area contributed by atoms with E-state index in [0.29, 0.717) is 30.5 Å². The molecule has 156 valence electrons. The molecular formula is C19H20Cl2N2O4S2. The van der Waals surface area contributed by atoms with Crippen LogP contribution in [0.3, 0.4) is 0 Å². The second kappa shape index (κ2) is 10.1. The molecule has 0 saturated carbocycles. The second-order valence-electron chi connectivity index (χ2n) is 6.22. The number of carbonyl (C=O) groups is 1. The van der Waals surface area contributed by atoms with Gasteiger partial charge in [0.1, 0.15) is 4.90 Å². The third-order valence-corrected chi connectivity index (χ3v) is 7.90. The number of hydrogen-bond donors (Lipinski definition) is 1. The summed E-state index contributed by atoms with van der Waals surface area (Å²) in [6.07, 6.45) is 0. The molecule has 0 bridgehead atoms. The van der Waals surface area contributed by atoms with Crippen LogP contribution in [-0.2, 0) is 14.8 Å². The Kier molecular flexibility index (Phi) is 7.84. The maximum absolute atomic E-state index is 12.9. The highest BCUT2D eigenvalue weighted by molar-refractivity contribution is 7.99. The minimum Gasteiger partial charge on any atom is -0.379 e. The molecule has 10 heteroatoms. The second-order valence-corrected chi connectivity index (χ2v) is 10.1. The zero-order valence-corrected chi connectivity index (χ0v) is 18.6. The van der Waals surface area contributed by atoms with Crippen LogP contribution in [0.2, 0.25) is 10.0 Å². The quantitative estimate of drug-likeness (QED) is 0.490. The standard InChI is InChI=1S/C19H20Cl2N2O4S2/c20-15-2-4-16(5-3-15)28-12-7-22-19(24)14-1-6-17(21)18(13-14)29(25,26)23-8-10-27-11-9-23/h1-6,13H,7-12H2,(H,22,24). The third-order valence-electron chi connectivity index (χ3n) is 4.25. The first-order chi connectivity index (χ1) is 13.9. The van der Waals surface area contributed by atoms with Crippen molar-refractivity contribution in [2.75, 3.05) is 38.6 Å². The van der Waals surface area contributed by atoms with E-state index in [2.05, 4.69) is 5.32 Å². The molecule has 1 saturated heterocycles. The summed E-state index contributed by atoms with van der Waals surface area (Å²) in [5, 5.41) is 3.56. The Bertz CT molecular complexity index is 963. The minimum atomic E-state index is -3.79. The molecule has 2 aromatic carbocycles. The van der Waals surface area contributed by atoms with Gasteiger partial charge in [0.25, 0.3) is 5.91 Å².